The second kappa shape index (κ2) is 7.74. The molecule has 20 heavy (non-hydrogen) atoms. The molecule has 1 aliphatic rings. The summed E-state index contributed by atoms with van der Waals surface area (Å²) >= 11 is 0. The molecule has 0 aromatic heterocycles. The monoisotopic (exact) mass is 286 g/mol. The van der Waals surface area contributed by atoms with E-state index in [1.165, 1.54) is 0 Å². The fraction of sp³-hybridized carbons (Fsp3) is 1.00. The molecule has 0 saturated carbocycles. The Morgan fingerprint density at radius 1 is 1.40 bits per heavy atom. The summed E-state index contributed by atoms with van der Waals surface area (Å²) in [6.45, 7) is 15.0. The molecule has 0 spiro atoms. The zero-order valence-electron chi connectivity index (χ0n) is 14.0. The molecule has 1 rings (SSSR count). The summed E-state index contributed by atoms with van der Waals surface area (Å²) in [5, 5.41) is 13.1. The van der Waals surface area contributed by atoms with Crippen molar-refractivity contribution in [2.24, 2.45) is 0 Å². The number of nitrogens with one attached hydrogen (secondary N) is 1. The third-order valence-electron chi connectivity index (χ3n) is 4.30. The quantitative estimate of drug-likeness (QED) is 0.716. The first-order valence-corrected chi connectivity index (χ1v) is 8.12. The highest BCUT2D eigenvalue weighted by Crippen LogP contribution is 2.22. The van der Waals surface area contributed by atoms with Crippen LogP contribution in [0.5, 0.6) is 0 Å². The summed E-state index contributed by atoms with van der Waals surface area (Å²) in [6, 6.07) is 0. The van der Waals surface area contributed by atoms with Crippen LogP contribution in [0.25, 0.3) is 0 Å². The standard InChI is InChI=1S/C16H34N2O2/c1-6-16(13-19,17-7-2)9-8-10-18-11-14(3)20-15(4,5)12-18/h14,17,19H,6-13H2,1-5H3. The van der Waals surface area contributed by atoms with Crippen molar-refractivity contribution < 1.29 is 9.84 Å². The molecule has 120 valence electrons. The normalized spacial score (nSPS) is 26.4. The Kier molecular flexibility index (Phi) is 6.92. The van der Waals surface area contributed by atoms with Gasteiger partial charge in [0.15, 0.2) is 0 Å². The molecule has 2 atom stereocenters. The van der Waals surface area contributed by atoms with Gasteiger partial charge in [0.1, 0.15) is 0 Å². The van der Waals surface area contributed by atoms with Gasteiger partial charge >= 0.3 is 0 Å². The first kappa shape index (κ1) is 17.9. The molecule has 1 aliphatic heterocycles. The predicted molar refractivity (Wildman–Crippen MR) is 84.1 cm³/mol. The predicted octanol–water partition coefficient (Wildman–Crippen LogP) is 2.02. The topological polar surface area (TPSA) is 44.7 Å². The lowest BCUT2D eigenvalue weighted by Gasteiger charge is -2.42. The summed E-state index contributed by atoms with van der Waals surface area (Å²) in [4.78, 5) is 2.50. The molecule has 4 nitrogen and oxygen atoms in total. The summed E-state index contributed by atoms with van der Waals surface area (Å²) < 4.78 is 5.94. The van der Waals surface area contributed by atoms with E-state index in [1.807, 2.05) is 0 Å². The minimum absolute atomic E-state index is 0.0435. The molecule has 0 amide bonds. The molecule has 2 unspecified atom stereocenters. The maximum atomic E-state index is 9.67. The molecule has 0 radical (unpaired) electrons. The van der Waals surface area contributed by atoms with Crippen LogP contribution in [0.15, 0.2) is 0 Å². The third-order valence-corrected chi connectivity index (χ3v) is 4.30. The first-order valence-electron chi connectivity index (χ1n) is 8.12. The zero-order chi connectivity index (χ0) is 15.2. The van der Waals surface area contributed by atoms with Crippen molar-refractivity contribution in [3.8, 4) is 0 Å². The van der Waals surface area contributed by atoms with Crippen LogP contribution in [-0.2, 0) is 4.74 Å². The average Bonchev–Trinajstić information content (AvgIpc) is 2.35. The Morgan fingerprint density at radius 2 is 2.10 bits per heavy atom. The smallest absolute Gasteiger partial charge is 0.0757 e. The van der Waals surface area contributed by atoms with Gasteiger partial charge < -0.3 is 15.2 Å². The summed E-state index contributed by atoms with van der Waals surface area (Å²) in [6.07, 6.45) is 3.42. The van der Waals surface area contributed by atoms with Crippen LogP contribution >= 0.6 is 0 Å². The largest absolute Gasteiger partial charge is 0.394 e. The maximum absolute atomic E-state index is 9.67. The lowest BCUT2D eigenvalue weighted by Crippen LogP contribution is -2.52. The Balaban J connectivity index is 2.42. The van der Waals surface area contributed by atoms with Crippen LogP contribution in [0.4, 0.5) is 0 Å². The number of likely N-dealkylation sites (N-methyl/N-ethyl adjacent to an activating group) is 1. The van der Waals surface area contributed by atoms with E-state index in [0.29, 0.717) is 6.10 Å². The summed E-state index contributed by atoms with van der Waals surface area (Å²) in [7, 11) is 0. The highest BCUT2D eigenvalue weighted by atomic mass is 16.5. The Labute approximate surface area is 124 Å². The zero-order valence-corrected chi connectivity index (χ0v) is 14.0. The van der Waals surface area contributed by atoms with Crippen molar-refractivity contribution in [3.05, 3.63) is 0 Å². The first-order chi connectivity index (χ1) is 9.36. The van der Waals surface area contributed by atoms with E-state index < -0.39 is 0 Å². The van der Waals surface area contributed by atoms with Gasteiger partial charge in [-0.15, -0.1) is 0 Å². The molecular formula is C16H34N2O2. The van der Waals surface area contributed by atoms with Gasteiger partial charge in [-0.2, -0.15) is 0 Å². The van der Waals surface area contributed by atoms with Crippen molar-refractivity contribution in [2.45, 2.75) is 71.1 Å². The molecule has 0 aromatic carbocycles. The summed E-state index contributed by atoms with van der Waals surface area (Å²) in [5.74, 6) is 0. The van der Waals surface area contributed by atoms with E-state index in [2.05, 4.69) is 44.8 Å². The van der Waals surface area contributed by atoms with Crippen LogP contribution in [0.2, 0.25) is 0 Å². The molecule has 1 saturated heterocycles. The van der Waals surface area contributed by atoms with Crippen LogP contribution in [0.1, 0.15) is 53.9 Å². The number of hydrogen-bond acceptors (Lipinski definition) is 4. The number of aliphatic hydroxyl groups excluding tert-OH is 1. The van der Waals surface area contributed by atoms with Gasteiger partial charge in [0, 0.05) is 18.6 Å². The fourth-order valence-corrected chi connectivity index (χ4v) is 3.41. The highest BCUT2D eigenvalue weighted by molar-refractivity contribution is 4.87. The number of nitrogens with zero attached hydrogens (tertiary/aromatic N) is 1. The Bertz CT molecular complexity index is 278. The molecule has 0 bridgehead atoms. The Hall–Kier alpha value is -0.160. The minimum atomic E-state index is -0.0951. The average molecular weight is 286 g/mol. The maximum Gasteiger partial charge on any atom is 0.0757 e. The SMILES string of the molecule is CCNC(CC)(CO)CCCN1CC(C)OC(C)(C)C1. The second-order valence-electron chi connectivity index (χ2n) is 6.85. The van der Waals surface area contributed by atoms with Crippen LogP contribution in [0.3, 0.4) is 0 Å². The fourth-order valence-electron chi connectivity index (χ4n) is 3.41. The van der Waals surface area contributed by atoms with Crippen molar-refractivity contribution in [2.75, 3.05) is 32.8 Å². The van der Waals surface area contributed by atoms with E-state index >= 15 is 0 Å². The van der Waals surface area contributed by atoms with Crippen molar-refractivity contribution in [3.63, 3.8) is 0 Å². The van der Waals surface area contributed by atoms with Crippen LogP contribution in [-0.4, -0.2) is 60.0 Å². The third kappa shape index (κ3) is 5.32. The number of rotatable bonds is 8. The molecule has 0 aliphatic carbocycles. The molecular weight excluding hydrogens is 252 g/mol. The van der Waals surface area contributed by atoms with E-state index in [-0.39, 0.29) is 17.7 Å². The number of hydrogen-bond donors (Lipinski definition) is 2. The van der Waals surface area contributed by atoms with Crippen molar-refractivity contribution >= 4 is 0 Å². The van der Waals surface area contributed by atoms with Gasteiger partial charge in [0.25, 0.3) is 0 Å². The van der Waals surface area contributed by atoms with E-state index in [4.69, 9.17) is 4.74 Å². The van der Waals surface area contributed by atoms with Gasteiger partial charge in [-0.3, -0.25) is 4.90 Å². The lowest BCUT2D eigenvalue weighted by molar-refractivity contribution is -0.129. The highest BCUT2D eigenvalue weighted by Gasteiger charge is 2.31. The summed E-state index contributed by atoms with van der Waals surface area (Å²) in [5.41, 5.74) is -0.139. The molecule has 1 fully saturated rings. The van der Waals surface area contributed by atoms with Gasteiger partial charge in [-0.1, -0.05) is 13.8 Å². The molecule has 4 heteroatoms. The van der Waals surface area contributed by atoms with Crippen molar-refractivity contribution in [1.82, 2.24) is 10.2 Å². The van der Waals surface area contributed by atoms with E-state index in [9.17, 15) is 5.11 Å². The van der Waals surface area contributed by atoms with Gasteiger partial charge in [-0.25, -0.2) is 0 Å². The second-order valence-corrected chi connectivity index (χ2v) is 6.85. The molecule has 2 N–H and O–H groups in total. The van der Waals surface area contributed by atoms with E-state index in [0.717, 1.165) is 45.4 Å². The van der Waals surface area contributed by atoms with Crippen molar-refractivity contribution in [1.29, 1.82) is 0 Å². The molecule has 1 heterocycles. The minimum Gasteiger partial charge on any atom is -0.394 e. The molecule has 0 aromatic rings. The number of aliphatic hydroxyl groups is 1. The lowest BCUT2D eigenvalue weighted by atomic mass is 9.91. The number of morpholine rings is 1. The van der Waals surface area contributed by atoms with Gasteiger partial charge in [0.2, 0.25) is 0 Å². The van der Waals surface area contributed by atoms with Gasteiger partial charge in [0.05, 0.1) is 18.3 Å². The number of ether oxygens (including phenoxy) is 1. The van der Waals surface area contributed by atoms with Gasteiger partial charge in [-0.05, 0) is 53.1 Å². The Morgan fingerprint density at radius 3 is 2.60 bits per heavy atom. The van der Waals surface area contributed by atoms with Crippen LogP contribution in [0, 0.1) is 0 Å². The van der Waals surface area contributed by atoms with E-state index in [1.54, 1.807) is 0 Å². The van der Waals surface area contributed by atoms with Crippen LogP contribution < -0.4 is 5.32 Å².